The molecule has 0 saturated carbocycles. The van der Waals surface area contributed by atoms with Crippen molar-refractivity contribution in [1.82, 2.24) is 14.5 Å². The van der Waals surface area contributed by atoms with Crippen molar-refractivity contribution in [2.75, 3.05) is 26.2 Å². The highest BCUT2D eigenvalue weighted by Gasteiger charge is 2.47. The van der Waals surface area contributed by atoms with Crippen molar-refractivity contribution in [3.05, 3.63) is 75.4 Å². The quantitative estimate of drug-likeness (QED) is 0.529. The minimum absolute atomic E-state index is 0.0229. The van der Waals surface area contributed by atoms with E-state index in [-0.39, 0.29) is 43.2 Å². The topological polar surface area (TPSA) is 99.2 Å². The first-order chi connectivity index (χ1) is 19.3. The molecule has 2 aromatic carbocycles. The van der Waals surface area contributed by atoms with Crippen molar-refractivity contribution < 1.29 is 35.6 Å². The molecule has 2 amide bonds. The number of carbonyl (C=O) groups excluding carboxylic acids is 2. The molecule has 1 spiro atoms. The summed E-state index contributed by atoms with van der Waals surface area (Å²) in [5.74, 6) is -2.14. The van der Waals surface area contributed by atoms with Crippen LogP contribution in [0, 0.1) is 12.7 Å². The van der Waals surface area contributed by atoms with Crippen LogP contribution in [0.4, 0.5) is 17.6 Å². The third-order valence-electron chi connectivity index (χ3n) is 7.76. The standard InChI is InChI=1S/C28H28F4N4O4S/c1-18-16-21(25(37)35-11-2-3-12-35)5-4-19(18)8-15-41(39,40)36-13-9-27(10-14-36)26(38)33-24(34-27)20-6-7-23(29)22(17-20)28(30,31)32/h4-8,15-17H,2-3,9-14H2,1H3,(H,33,34,38). The lowest BCUT2D eigenvalue weighted by molar-refractivity contribution is -0.140. The fourth-order valence-corrected chi connectivity index (χ4v) is 6.52. The van der Waals surface area contributed by atoms with Gasteiger partial charge in [-0.2, -0.15) is 17.5 Å². The van der Waals surface area contributed by atoms with Crippen LogP contribution in [0.3, 0.4) is 0 Å². The van der Waals surface area contributed by atoms with E-state index in [0.717, 1.165) is 43.0 Å². The molecule has 0 atom stereocenters. The van der Waals surface area contributed by atoms with Gasteiger partial charge in [-0.3, -0.25) is 14.6 Å². The number of aryl methyl sites for hydroxylation is 1. The summed E-state index contributed by atoms with van der Waals surface area (Å²) in [7, 11) is -3.86. The van der Waals surface area contributed by atoms with Crippen molar-refractivity contribution in [3.8, 4) is 0 Å². The van der Waals surface area contributed by atoms with Gasteiger partial charge in [0, 0.05) is 42.7 Å². The summed E-state index contributed by atoms with van der Waals surface area (Å²) in [4.78, 5) is 31.6. The van der Waals surface area contributed by atoms with Crippen molar-refractivity contribution in [1.29, 1.82) is 0 Å². The van der Waals surface area contributed by atoms with Gasteiger partial charge in [-0.25, -0.2) is 12.8 Å². The number of hydrogen-bond acceptors (Lipinski definition) is 5. The predicted molar refractivity (Wildman–Crippen MR) is 144 cm³/mol. The fraction of sp³-hybridized carbons (Fsp3) is 0.393. The van der Waals surface area contributed by atoms with Gasteiger partial charge in [-0.15, -0.1) is 0 Å². The van der Waals surface area contributed by atoms with Crippen LogP contribution in [0.15, 0.2) is 46.8 Å². The highest BCUT2D eigenvalue weighted by Crippen LogP contribution is 2.35. The number of halogens is 4. The largest absolute Gasteiger partial charge is 0.419 e. The lowest BCUT2D eigenvalue weighted by atomic mass is 9.89. The molecule has 5 rings (SSSR count). The maximum atomic E-state index is 13.7. The monoisotopic (exact) mass is 592 g/mol. The maximum Gasteiger partial charge on any atom is 0.419 e. The molecule has 2 saturated heterocycles. The van der Waals surface area contributed by atoms with Crippen molar-refractivity contribution in [2.45, 2.75) is 44.3 Å². The average molecular weight is 593 g/mol. The normalized spacial score (nSPS) is 19.7. The molecule has 0 bridgehead atoms. The third kappa shape index (κ3) is 5.78. The summed E-state index contributed by atoms with van der Waals surface area (Å²) in [5, 5.41) is 3.56. The molecular weight excluding hydrogens is 564 g/mol. The number of carbonyl (C=O) groups is 2. The van der Waals surface area contributed by atoms with E-state index >= 15 is 0 Å². The number of amidine groups is 1. The van der Waals surface area contributed by atoms with E-state index in [0.29, 0.717) is 23.3 Å². The fourth-order valence-electron chi connectivity index (χ4n) is 5.34. The van der Waals surface area contributed by atoms with E-state index in [4.69, 9.17) is 0 Å². The van der Waals surface area contributed by atoms with Crippen molar-refractivity contribution in [3.63, 3.8) is 0 Å². The Labute approximate surface area is 234 Å². The van der Waals surface area contributed by atoms with E-state index in [1.54, 1.807) is 30.0 Å². The number of likely N-dealkylation sites (tertiary alicyclic amines) is 1. The zero-order valence-electron chi connectivity index (χ0n) is 22.2. The van der Waals surface area contributed by atoms with Crippen LogP contribution in [0.1, 0.15) is 58.3 Å². The molecule has 3 aliphatic rings. The lowest BCUT2D eigenvalue weighted by Crippen LogP contribution is -2.50. The molecule has 8 nitrogen and oxygen atoms in total. The summed E-state index contributed by atoms with van der Waals surface area (Å²) >= 11 is 0. The van der Waals surface area contributed by atoms with E-state index in [9.17, 15) is 35.6 Å². The van der Waals surface area contributed by atoms with Gasteiger partial charge in [0.15, 0.2) is 0 Å². The molecule has 1 N–H and O–H groups in total. The van der Waals surface area contributed by atoms with Crippen LogP contribution >= 0.6 is 0 Å². The molecule has 2 aromatic rings. The molecular formula is C28H28F4N4O4S. The summed E-state index contributed by atoms with van der Waals surface area (Å²) in [6.45, 7) is 3.19. The van der Waals surface area contributed by atoms with Gasteiger partial charge in [0.05, 0.1) is 5.56 Å². The Morgan fingerprint density at radius 3 is 2.37 bits per heavy atom. The van der Waals surface area contributed by atoms with Gasteiger partial charge < -0.3 is 10.2 Å². The van der Waals surface area contributed by atoms with Crippen molar-refractivity contribution >= 4 is 33.7 Å². The van der Waals surface area contributed by atoms with Gasteiger partial charge in [0.2, 0.25) is 10.0 Å². The maximum absolute atomic E-state index is 13.7. The minimum Gasteiger partial charge on any atom is -0.339 e. The van der Waals surface area contributed by atoms with Gasteiger partial charge in [0.1, 0.15) is 17.2 Å². The zero-order valence-corrected chi connectivity index (χ0v) is 23.0. The first-order valence-corrected chi connectivity index (χ1v) is 14.7. The molecule has 0 aliphatic carbocycles. The second-order valence-electron chi connectivity index (χ2n) is 10.5. The SMILES string of the molecule is Cc1cc(C(=O)N2CCCC2)ccc1C=CS(=O)(=O)N1CCC2(CC1)N=C(c1ccc(F)c(C(F)(F)F)c1)NC2=O. The van der Waals surface area contributed by atoms with Crippen LogP contribution < -0.4 is 5.32 Å². The van der Waals surface area contributed by atoms with E-state index in [2.05, 4.69) is 10.3 Å². The number of amides is 2. The summed E-state index contributed by atoms with van der Waals surface area (Å²) in [6.07, 6.45) is -1.44. The highest BCUT2D eigenvalue weighted by atomic mass is 32.2. The van der Waals surface area contributed by atoms with Gasteiger partial charge in [0.25, 0.3) is 11.8 Å². The number of sulfonamides is 1. The Hall–Kier alpha value is -3.58. The van der Waals surface area contributed by atoms with Gasteiger partial charge >= 0.3 is 6.18 Å². The Balaban J connectivity index is 1.27. The molecule has 0 radical (unpaired) electrons. The average Bonchev–Trinajstić information content (AvgIpc) is 3.56. The van der Waals surface area contributed by atoms with Gasteiger partial charge in [-0.05, 0) is 80.1 Å². The van der Waals surface area contributed by atoms with Crippen LogP contribution in [0.25, 0.3) is 6.08 Å². The molecule has 3 aliphatic heterocycles. The number of aliphatic imine (C=N–C) groups is 1. The Morgan fingerprint density at radius 1 is 1.05 bits per heavy atom. The predicted octanol–water partition coefficient (Wildman–Crippen LogP) is 4.10. The van der Waals surface area contributed by atoms with E-state index in [1.165, 1.54) is 10.4 Å². The number of hydrogen-bond donors (Lipinski definition) is 1. The molecule has 13 heteroatoms. The lowest BCUT2D eigenvalue weighted by Gasteiger charge is -2.34. The van der Waals surface area contributed by atoms with Gasteiger partial charge in [-0.1, -0.05) is 6.07 Å². The Kier molecular flexibility index (Phi) is 7.53. The van der Waals surface area contributed by atoms with Crippen LogP contribution in [0.2, 0.25) is 0 Å². The van der Waals surface area contributed by atoms with Crippen LogP contribution in [-0.4, -0.2) is 67.0 Å². The zero-order chi connectivity index (χ0) is 29.6. The summed E-state index contributed by atoms with van der Waals surface area (Å²) in [5.41, 5.74) is -0.948. The second-order valence-corrected chi connectivity index (χ2v) is 12.3. The number of nitrogens with one attached hydrogen (secondary N) is 1. The minimum atomic E-state index is -4.92. The molecule has 0 aromatic heterocycles. The third-order valence-corrected chi connectivity index (χ3v) is 9.33. The molecule has 2 fully saturated rings. The molecule has 0 unspecified atom stereocenters. The number of nitrogens with zero attached hydrogens (tertiary/aromatic N) is 3. The second kappa shape index (κ2) is 10.7. The summed E-state index contributed by atoms with van der Waals surface area (Å²) < 4.78 is 80.5. The molecule has 218 valence electrons. The number of alkyl halides is 3. The highest BCUT2D eigenvalue weighted by molar-refractivity contribution is 7.92. The molecule has 41 heavy (non-hydrogen) atoms. The number of piperidine rings is 1. The first kappa shape index (κ1) is 28.9. The van der Waals surface area contributed by atoms with Crippen LogP contribution in [-0.2, 0) is 21.0 Å². The van der Waals surface area contributed by atoms with E-state index < -0.39 is 39.0 Å². The van der Waals surface area contributed by atoms with Crippen molar-refractivity contribution in [2.24, 2.45) is 4.99 Å². The number of rotatable bonds is 5. The Bertz CT molecular complexity index is 1560. The Morgan fingerprint density at radius 2 is 1.73 bits per heavy atom. The smallest absolute Gasteiger partial charge is 0.339 e. The first-order valence-electron chi connectivity index (χ1n) is 13.2. The summed E-state index contributed by atoms with van der Waals surface area (Å²) in [6, 6.07) is 7.48. The molecule has 3 heterocycles. The number of benzene rings is 2. The van der Waals surface area contributed by atoms with Crippen LogP contribution in [0.5, 0.6) is 0 Å². The van der Waals surface area contributed by atoms with E-state index in [1.807, 2.05) is 0 Å².